The number of rotatable bonds is 2. The summed E-state index contributed by atoms with van der Waals surface area (Å²) in [5, 5.41) is 0. The first-order valence-corrected chi connectivity index (χ1v) is 5.80. The van der Waals surface area contributed by atoms with Crippen LogP contribution in [0.1, 0.15) is 13.8 Å². The third-order valence-electron chi connectivity index (χ3n) is 0.514. The average molecular weight is 152 g/mol. The van der Waals surface area contributed by atoms with Crippen molar-refractivity contribution < 1.29 is 0 Å². The van der Waals surface area contributed by atoms with Crippen LogP contribution in [0.15, 0.2) is 0 Å². The largest absolute Gasteiger partial charge is 0.0621 e. The monoisotopic (exact) mass is 152 g/mol. The molecule has 0 atom stereocenters. The van der Waals surface area contributed by atoms with Gasteiger partial charge in [0.25, 0.3) is 0 Å². The lowest BCUT2D eigenvalue weighted by Gasteiger charge is -1.93. The van der Waals surface area contributed by atoms with Gasteiger partial charge in [-0.15, -0.1) is 0 Å². The molecule has 0 bridgehead atoms. The molecule has 0 aromatic carbocycles. The SMILES string of the molecule is CC(C)CP(=S)=S. The Morgan fingerprint density at radius 2 is 1.86 bits per heavy atom. The van der Waals surface area contributed by atoms with Gasteiger partial charge < -0.3 is 0 Å². The second-order valence-corrected chi connectivity index (χ2v) is 6.28. The van der Waals surface area contributed by atoms with Crippen molar-refractivity contribution in [1.29, 1.82) is 0 Å². The maximum atomic E-state index is 4.83. The summed E-state index contributed by atoms with van der Waals surface area (Å²) in [6, 6.07) is 0. The molecule has 0 aliphatic heterocycles. The molecule has 7 heavy (non-hydrogen) atoms. The second kappa shape index (κ2) is 3.71. The topological polar surface area (TPSA) is 0 Å². The Bertz CT molecular complexity index is 96.3. The minimum absolute atomic E-state index is 0.473. The van der Waals surface area contributed by atoms with E-state index in [0.29, 0.717) is 5.92 Å². The minimum Gasteiger partial charge on any atom is -0.0621 e. The van der Waals surface area contributed by atoms with Gasteiger partial charge in [-0.1, -0.05) is 37.5 Å². The number of hydrogen-bond acceptors (Lipinski definition) is 2. The summed E-state index contributed by atoms with van der Waals surface area (Å²) in [6.45, 7) is 4.29. The molecular formula is C4H9PS2. The van der Waals surface area contributed by atoms with E-state index in [-0.39, 0.29) is 0 Å². The van der Waals surface area contributed by atoms with E-state index in [1.807, 2.05) is 0 Å². The van der Waals surface area contributed by atoms with Crippen LogP contribution in [-0.2, 0) is 23.6 Å². The van der Waals surface area contributed by atoms with Crippen LogP contribution in [0.25, 0.3) is 0 Å². The molecule has 0 amide bonds. The summed E-state index contributed by atoms with van der Waals surface area (Å²) < 4.78 is 0. The fourth-order valence-corrected chi connectivity index (χ4v) is 2.68. The molecule has 42 valence electrons. The Morgan fingerprint density at radius 1 is 1.43 bits per heavy atom. The van der Waals surface area contributed by atoms with Gasteiger partial charge in [-0.2, -0.15) is 0 Å². The van der Waals surface area contributed by atoms with Crippen molar-refractivity contribution in [1.82, 2.24) is 0 Å². The first-order chi connectivity index (χ1) is 3.13. The summed E-state index contributed by atoms with van der Waals surface area (Å²) in [5.41, 5.74) is -0.473. The van der Waals surface area contributed by atoms with E-state index in [1.54, 1.807) is 0 Å². The molecule has 0 aliphatic rings. The van der Waals surface area contributed by atoms with E-state index in [2.05, 4.69) is 13.8 Å². The van der Waals surface area contributed by atoms with Gasteiger partial charge in [-0.3, -0.25) is 0 Å². The second-order valence-electron chi connectivity index (χ2n) is 1.91. The molecule has 0 nitrogen and oxygen atoms in total. The predicted octanol–water partition coefficient (Wildman–Crippen LogP) is 2.05. The van der Waals surface area contributed by atoms with Gasteiger partial charge in [-0.25, -0.2) is 0 Å². The van der Waals surface area contributed by atoms with Crippen LogP contribution in [0.2, 0.25) is 0 Å². The molecule has 0 heterocycles. The van der Waals surface area contributed by atoms with E-state index < -0.39 is 5.47 Å². The quantitative estimate of drug-likeness (QED) is 0.555. The Labute approximate surface area is 55.4 Å². The molecule has 0 saturated carbocycles. The van der Waals surface area contributed by atoms with E-state index in [4.69, 9.17) is 23.6 Å². The molecule has 0 N–H and O–H groups in total. The van der Waals surface area contributed by atoms with Crippen LogP contribution >= 0.6 is 5.47 Å². The molecule has 0 fully saturated rings. The van der Waals surface area contributed by atoms with Crippen molar-refractivity contribution in [3.05, 3.63) is 0 Å². The van der Waals surface area contributed by atoms with E-state index in [1.165, 1.54) is 0 Å². The third-order valence-corrected chi connectivity index (χ3v) is 2.44. The molecular weight excluding hydrogens is 143 g/mol. The Hall–Kier alpha value is 0.740. The van der Waals surface area contributed by atoms with Gasteiger partial charge in [0.2, 0.25) is 0 Å². The highest BCUT2D eigenvalue weighted by atomic mass is 32.7. The fourth-order valence-electron chi connectivity index (χ4n) is 0.298. The maximum absolute atomic E-state index is 4.83. The molecule has 0 unspecified atom stereocenters. The summed E-state index contributed by atoms with van der Waals surface area (Å²) in [5.74, 6) is 0.695. The number of hydrogen-bond donors (Lipinski definition) is 0. The Kier molecular flexibility index (Phi) is 4.10. The van der Waals surface area contributed by atoms with Crippen LogP contribution in [0, 0.1) is 5.92 Å². The van der Waals surface area contributed by atoms with Crippen LogP contribution in [0.3, 0.4) is 0 Å². The zero-order valence-corrected chi connectivity index (χ0v) is 7.08. The molecule has 0 aromatic heterocycles. The Morgan fingerprint density at radius 3 is 1.86 bits per heavy atom. The Balaban J connectivity index is 3.32. The highest BCUT2D eigenvalue weighted by molar-refractivity contribution is 8.25. The van der Waals surface area contributed by atoms with Gasteiger partial charge in [0.05, 0.1) is 0 Å². The summed E-state index contributed by atoms with van der Waals surface area (Å²) in [4.78, 5) is 0. The first-order valence-electron chi connectivity index (χ1n) is 2.24. The molecule has 0 rings (SSSR count). The highest BCUT2D eigenvalue weighted by Crippen LogP contribution is 2.09. The highest BCUT2D eigenvalue weighted by Gasteiger charge is 1.88. The first kappa shape index (κ1) is 7.74. The maximum Gasteiger partial charge on any atom is 0.0106 e. The van der Waals surface area contributed by atoms with Gasteiger partial charge in [0.1, 0.15) is 0 Å². The molecule has 0 radical (unpaired) electrons. The van der Waals surface area contributed by atoms with Crippen molar-refractivity contribution in [3.63, 3.8) is 0 Å². The lowest BCUT2D eigenvalue weighted by Crippen LogP contribution is -1.85. The molecule has 0 aromatic rings. The van der Waals surface area contributed by atoms with Gasteiger partial charge in [0.15, 0.2) is 0 Å². The summed E-state index contributed by atoms with van der Waals surface area (Å²) in [7, 11) is 0. The van der Waals surface area contributed by atoms with Crippen LogP contribution < -0.4 is 0 Å². The van der Waals surface area contributed by atoms with Crippen LogP contribution in [-0.4, -0.2) is 6.16 Å². The van der Waals surface area contributed by atoms with Crippen molar-refractivity contribution in [3.8, 4) is 0 Å². The lowest BCUT2D eigenvalue weighted by atomic mass is 10.3. The summed E-state index contributed by atoms with van der Waals surface area (Å²) >= 11 is 9.67. The van der Waals surface area contributed by atoms with E-state index in [9.17, 15) is 0 Å². The fraction of sp³-hybridized carbons (Fsp3) is 1.00. The zero-order valence-electron chi connectivity index (χ0n) is 4.55. The predicted molar refractivity (Wildman–Crippen MR) is 41.4 cm³/mol. The minimum atomic E-state index is -0.473. The van der Waals surface area contributed by atoms with Crippen LogP contribution in [0.5, 0.6) is 0 Å². The third kappa shape index (κ3) is 6.74. The standard InChI is InChI=1S/C4H9PS2/c1-4(2)3-5(6)7/h4H,3H2,1-2H3. The van der Waals surface area contributed by atoms with Gasteiger partial charge in [0, 0.05) is 11.6 Å². The van der Waals surface area contributed by atoms with Gasteiger partial charge >= 0.3 is 0 Å². The average Bonchev–Trinajstić information content (AvgIpc) is 1.27. The van der Waals surface area contributed by atoms with Crippen molar-refractivity contribution in [2.75, 3.05) is 6.16 Å². The molecule has 0 aliphatic carbocycles. The van der Waals surface area contributed by atoms with Crippen molar-refractivity contribution >= 4 is 29.1 Å². The normalized spacial score (nSPS) is 9.57. The summed E-state index contributed by atoms with van der Waals surface area (Å²) in [6.07, 6.45) is 1.06. The lowest BCUT2D eigenvalue weighted by molar-refractivity contribution is 0.750. The van der Waals surface area contributed by atoms with Crippen molar-refractivity contribution in [2.45, 2.75) is 13.8 Å². The molecule has 3 heteroatoms. The van der Waals surface area contributed by atoms with E-state index in [0.717, 1.165) is 6.16 Å². The molecule has 0 spiro atoms. The van der Waals surface area contributed by atoms with Gasteiger partial charge in [-0.05, 0) is 5.92 Å². The van der Waals surface area contributed by atoms with Crippen molar-refractivity contribution in [2.24, 2.45) is 5.92 Å². The zero-order chi connectivity index (χ0) is 5.86. The smallest absolute Gasteiger partial charge is 0.0106 e. The van der Waals surface area contributed by atoms with Crippen LogP contribution in [0.4, 0.5) is 0 Å². The molecule has 0 saturated heterocycles. The van der Waals surface area contributed by atoms with E-state index >= 15 is 0 Å².